The number of hydrogen-bond acceptors (Lipinski definition) is 3. The van der Waals surface area contributed by atoms with Crippen molar-refractivity contribution in [1.29, 1.82) is 0 Å². The van der Waals surface area contributed by atoms with Crippen molar-refractivity contribution < 1.29 is 9.53 Å². The van der Waals surface area contributed by atoms with Crippen LogP contribution in [0.4, 0.5) is 11.4 Å². The normalized spacial score (nSPS) is 16.5. The minimum absolute atomic E-state index is 0.128. The lowest BCUT2D eigenvalue weighted by molar-refractivity contribution is -0.126. The number of nitrogens with two attached hydrogens (primary N) is 1. The molecule has 1 unspecified atom stereocenters. The van der Waals surface area contributed by atoms with Crippen molar-refractivity contribution in [3.05, 3.63) is 24.3 Å². The van der Waals surface area contributed by atoms with Crippen LogP contribution in [0.15, 0.2) is 24.3 Å². The molecule has 3 N–H and O–H groups in total. The fourth-order valence-corrected chi connectivity index (χ4v) is 1.50. The lowest BCUT2D eigenvalue weighted by Gasteiger charge is -2.13. The molecule has 0 saturated heterocycles. The molecule has 0 radical (unpaired) electrons. The predicted molar refractivity (Wildman–Crippen MR) is 67.6 cm³/mol. The molecule has 1 aromatic carbocycles. The van der Waals surface area contributed by atoms with E-state index in [0.29, 0.717) is 23.9 Å². The van der Waals surface area contributed by atoms with Gasteiger partial charge in [-0.25, -0.2) is 0 Å². The molecule has 4 heteroatoms. The van der Waals surface area contributed by atoms with Crippen LogP contribution in [0, 0.1) is 5.92 Å². The highest BCUT2D eigenvalue weighted by molar-refractivity contribution is 5.94. The highest BCUT2D eigenvalue weighted by Crippen LogP contribution is 2.29. The Labute approximate surface area is 101 Å². The highest BCUT2D eigenvalue weighted by atomic mass is 16.5. The summed E-state index contributed by atoms with van der Waals surface area (Å²) in [6.07, 6.45) is 2.03. The summed E-state index contributed by atoms with van der Waals surface area (Å²) >= 11 is 0. The van der Waals surface area contributed by atoms with Gasteiger partial charge in [-0.3, -0.25) is 4.79 Å². The third-order valence-corrected chi connectivity index (χ3v) is 2.80. The summed E-state index contributed by atoms with van der Waals surface area (Å²) in [6.45, 7) is 2.45. The Balaban J connectivity index is 1.82. The molecule has 1 aromatic rings. The van der Waals surface area contributed by atoms with Gasteiger partial charge in [0.1, 0.15) is 6.10 Å². The Kier molecular flexibility index (Phi) is 3.64. The van der Waals surface area contributed by atoms with Crippen LogP contribution in [0.25, 0.3) is 0 Å². The first-order valence-corrected chi connectivity index (χ1v) is 5.93. The van der Waals surface area contributed by atoms with Gasteiger partial charge in [0.25, 0.3) is 5.91 Å². The second-order valence-corrected chi connectivity index (χ2v) is 4.53. The van der Waals surface area contributed by atoms with E-state index in [2.05, 4.69) is 5.32 Å². The molecule has 1 atom stereocenters. The second-order valence-electron chi connectivity index (χ2n) is 4.53. The molecule has 0 bridgehead atoms. The standard InChI is InChI=1S/C13H18N2O2/c1-9(17-8-10-5-6-10)13(16)15-12-4-2-3-11(14)7-12/h2-4,7,9-10H,5-6,8,14H2,1H3,(H,15,16). The van der Waals surface area contributed by atoms with Crippen LogP contribution < -0.4 is 11.1 Å². The molecule has 0 aromatic heterocycles. The van der Waals surface area contributed by atoms with Crippen LogP contribution in [-0.2, 0) is 9.53 Å². The number of amides is 1. The van der Waals surface area contributed by atoms with E-state index < -0.39 is 6.10 Å². The predicted octanol–water partition coefficient (Wildman–Crippen LogP) is 2.02. The summed E-state index contributed by atoms with van der Waals surface area (Å²) in [5.74, 6) is 0.536. The van der Waals surface area contributed by atoms with E-state index in [1.54, 1.807) is 25.1 Å². The van der Waals surface area contributed by atoms with Crippen LogP contribution in [-0.4, -0.2) is 18.6 Å². The summed E-state index contributed by atoms with van der Waals surface area (Å²) in [4.78, 5) is 11.8. The quantitative estimate of drug-likeness (QED) is 0.766. The number of nitrogen functional groups attached to an aromatic ring is 1. The molecule has 1 aliphatic rings. The molecule has 1 amide bonds. The van der Waals surface area contributed by atoms with Crippen LogP contribution in [0.3, 0.4) is 0 Å². The Bertz CT molecular complexity index is 402. The Hall–Kier alpha value is -1.55. The fraction of sp³-hybridized carbons (Fsp3) is 0.462. The Morgan fingerprint density at radius 3 is 3.00 bits per heavy atom. The van der Waals surface area contributed by atoms with E-state index in [1.165, 1.54) is 12.8 Å². The van der Waals surface area contributed by atoms with Crippen molar-refractivity contribution in [2.45, 2.75) is 25.9 Å². The first-order chi connectivity index (χ1) is 8.15. The molecule has 2 rings (SSSR count). The third kappa shape index (κ3) is 3.75. The average molecular weight is 234 g/mol. The molecule has 1 aliphatic carbocycles. The molecule has 0 aliphatic heterocycles. The van der Waals surface area contributed by atoms with E-state index in [9.17, 15) is 4.79 Å². The van der Waals surface area contributed by atoms with Crippen LogP contribution in [0.5, 0.6) is 0 Å². The van der Waals surface area contributed by atoms with Gasteiger partial charge in [-0.05, 0) is 43.9 Å². The summed E-state index contributed by atoms with van der Waals surface area (Å²) < 4.78 is 5.49. The van der Waals surface area contributed by atoms with Gasteiger partial charge in [-0.15, -0.1) is 0 Å². The minimum Gasteiger partial charge on any atom is -0.399 e. The van der Waals surface area contributed by atoms with E-state index in [-0.39, 0.29) is 5.91 Å². The fourth-order valence-electron chi connectivity index (χ4n) is 1.50. The van der Waals surface area contributed by atoms with Crippen LogP contribution in [0.2, 0.25) is 0 Å². The summed E-state index contributed by atoms with van der Waals surface area (Å²) in [5.41, 5.74) is 6.97. The van der Waals surface area contributed by atoms with Crippen molar-refractivity contribution in [2.24, 2.45) is 5.92 Å². The topological polar surface area (TPSA) is 64.3 Å². The number of hydrogen-bond donors (Lipinski definition) is 2. The second kappa shape index (κ2) is 5.19. The third-order valence-electron chi connectivity index (χ3n) is 2.80. The maximum atomic E-state index is 11.8. The van der Waals surface area contributed by atoms with Gasteiger partial charge in [0.2, 0.25) is 0 Å². The average Bonchev–Trinajstić information content (AvgIpc) is 3.09. The smallest absolute Gasteiger partial charge is 0.253 e. The van der Waals surface area contributed by atoms with Crippen LogP contribution >= 0.6 is 0 Å². The summed E-state index contributed by atoms with van der Waals surface area (Å²) in [5, 5.41) is 2.78. The molecule has 0 spiro atoms. The Morgan fingerprint density at radius 2 is 2.35 bits per heavy atom. The van der Waals surface area contributed by atoms with E-state index in [1.807, 2.05) is 6.07 Å². The molecule has 17 heavy (non-hydrogen) atoms. The van der Waals surface area contributed by atoms with Crippen molar-refractivity contribution >= 4 is 17.3 Å². The van der Waals surface area contributed by atoms with Crippen molar-refractivity contribution in [3.63, 3.8) is 0 Å². The minimum atomic E-state index is -0.419. The first-order valence-electron chi connectivity index (χ1n) is 5.93. The molecule has 0 heterocycles. The number of rotatable bonds is 5. The number of nitrogens with one attached hydrogen (secondary N) is 1. The van der Waals surface area contributed by atoms with E-state index >= 15 is 0 Å². The van der Waals surface area contributed by atoms with Crippen LogP contribution in [0.1, 0.15) is 19.8 Å². The summed E-state index contributed by atoms with van der Waals surface area (Å²) in [6, 6.07) is 7.12. The Morgan fingerprint density at radius 1 is 1.59 bits per heavy atom. The number of carbonyl (C=O) groups is 1. The zero-order valence-corrected chi connectivity index (χ0v) is 9.98. The lowest BCUT2D eigenvalue weighted by Crippen LogP contribution is -2.28. The van der Waals surface area contributed by atoms with E-state index in [4.69, 9.17) is 10.5 Å². The van der Waals surface area contributed by atoms with Gasteiger partial charge >= 0.3 is 0 Å². The van der Waals surface area contributed by atoms with Crippen molar-refractivity contribution in [1.82, 2.24) is 0 Å². The first kappa shape index (κ1) is 11.9. The monoisotopic (exact) mass is 234 g/mol. The largest absolute Gasteiger partial charge is 0.399 e. The highest BCUT2D eigenvalue weighted by Gasteiger charge is 2.24. The van der Waals surface area contributed by atoms with Gasteiger partial charge in [0.05, 0.1) is 6.61 Å². The lowest BCUT2D eigenvalue weighted by atomic mass is 10.2. The van der Waals surface area contributed by atoms with Gasteiger partial charge in [-0.2, -0.15) is 0 Å². The molecule has 1 saturated carbocycles. The maximum absolute atomic E-state index is 11.8. The molecule has 92 valence electrons. The number of carbonyl (C=O) groups excluding carboxylic acids is 1. The zero-order chi connectivity index (χ0) is 12.3. The SMILES string of the molecule is CC(OCC1CC1)C(=O)Nc1cccc(N)c1. The van der Waals surface area contributed by atoms with Gasteiger partial charge in [0.15, 0.2) is 0 Å². The number of ether oxygens (including phenoxy) is 1. The van der Waals surface area contributed by atoms with Crippen molar-refractivity contribution in [3.8, 4) is 0 Å². The molecular weight excluding hydrogens is 216 g/mol. The van der Waals surface area contributed by atoms with Gasteiger partial charge in [0, 0.05) is 11.4 Å². The van der Waals surface area contributed by atoms with Gasteiger partial charge in [-0.1, -0.05) is 6.07 Å². The van der Waals surface area contributed by atoms with Crippen molar-refractivity contribution in [2.75, 3.05) is 17.7 Å². The number of benzene rings is 1. The van der Waals surface area contributed by atoms with Gasteiger partial charge < -0.3 is 15.8 Å². The zero-order valence-electron chi connectivity index (χ0n) is 9.98. The van der Waals surface area contributed by atoms with E-state index in [0.717, 1.165) is 0 Å². The molecular formula is C13H18N2O2. The molecule has 4 nitrogen and oxygen atoms in total. The number of anilines is 2. The molecule has 1 fully saturated rings. The summed E-state index contributed by atoms with van der Waals surface area (Å²) in [7, 11) is 0. The maximum Gasteiger partial charge on any atom is 0.253 e.